The van der Waals surface area contributed by atoms with Crippen molar-refractivity contribution < 1.29 is 18.3 Å². The number of rotatable bonds is 6. The molecule has 0 unspecified atom stereocenters. The highest BCUT2D eigenvalue weighted by atomic mass is 79.9. The highest BCUT2D eigenvalue weighted by Gasteiger charge is 2.12. The van der Waals surface area contributed by atoms with Gasteiger partial charge in [-0.3, -0.25) is 4.79 Å². The molecule has 2 nitrogen and oxygen atoms in total. The zero-order valence-electron chi connectivity index (χ0n) is 9.38. The molecule has 0 radical (unpaired) electrons. The van der Waals surface area contributed by atoms with E-state index in [1.54, 1.807) is 13.0 Å². The van der Waals surface area contributed by atoms with Crippen molar-refractivity contribution in [1.29, 1.82) is 0 Å². The summed E-state index contributed by atoms with van der Waals surface area (Å²) in [6.07, 6.45) is -2.43. The summed E-state index contributed by atoms with van der Waals surface area (Å²) in [7, 11) is 0. The zero-order valence-corrected chi connectivity index (χ0v) is 11.0. The van der Waals surface area contributed by atoms with Gasteiger partial charge in [0.1, 0.15) is 11.5 Å². The Morgan fingerprint density at radius 3 is 2.65 bits per heavy atom. The average Bonchev–Trinajstić information content (AvgIpc) is 2.29. The highest BCUT2D eigenvalue weighted by Crippen LogP contribution is 2.25. The van der Waals surface area contributed by atoms with Gasteiger partial charge >= 0.3 is 0 Å². The summed E-state index contributed by atoms with van der Waals surface area (Å²) in [6, 6.07) is 4.26. The summed E-state index contributed by atoms with van der Waals surface area (Å²) in [4.78, 5) is 11.3. The minimum Gasteiger partial charge on any atom is -0.494 e. The van der Waals surface area contributed by atoms with Crippen molar-refractivity contribution in [3.05, 3.63) is 29.3 Å². The molecule has 1 aromatic rings. The SMILES string of the molecule is CCOc1cc(CC(=O)CBr)cc(C(F)F)c1. The number of alkyl halides is 3. The van der Waals surface area contributed by atoms with Gasteiger partial charge in [0.25, 0.3) is 6.43 Å². The molecule has 1 rings (SSSR count). The second-order valence-electron chi connectivity index (χ2n) is 3.49. The van der Waals surface area contributed by atoms with Crippen LogP contribution in [0.3, 0.4) is 0 Å². The number of ether oxygens (including phenoxy) is 1. The van der Waals surface area contributed by atoms with E-state index in [0.717, 1.165) is 0 Å². The van der Waals surface area contributed by atoms with Gasteiger partial charge in [0.05, 0.1) is 11.9 Å². The van der Waals surface area contributed by atoms with E-state index in [-0.39, 0.29) is 23.1 Å². The lowest BCUT2D eigenvalue weighted by molar-refractivity contribution is -0.115. The molecule has 17 heavy (non-hydrogen) atoms. The Morgan fingerprint density at radius 2 is 2.12 bits per heavy atom. The van der Waals surface area contributed by atoms with Gasteiger partial charge in [-0.05, 0) is 30.7 Å². The van der Waals surface area contributed by atoms with Gasteiger partial charge in [0, 0.05) is 12.0 Å². The van der Waals surface area contributed by atoms with E-state index >= 15 is 0 Å². The Hall–Kier alpha value is -0.970. The molecule has 0 aliphatic carbocycles. The fraction of sp³-hybridized carbons (Fsp3) is 0.417. The molecular weight excluding hydrogens is 294 g/mol. The van der Waals surface area contributed by atoms with Crippen LogP contribution in [0.5, 0.6) is 5.75 Å². The van der Waals surface area contributed by atoms with Crippen LogP contribution in [0.2, 0.25) is 0 Å². The van der Waals surface area contributed by atoms with Crippen LogP contribution in [0.4, 0.5) is 8.78 Å². The molecule has 94 valence electrons. The largest absolute Gasteiger partial charge is 0.494 e. The summed E-state index contributed by atoms with van der Waals surface area (Å²) in [5.41, 5.74) is 0.434. The molecule has 0 heterocycles. The van der Waals surface area contributed by atoms with Crippen molar-refractivity contribution in [1.82, 2.24) is 0 Å². The van der Waals surface area contributed by atoms with Crippen LogP contribution in [0.25, 0.3) is 0 Å². The molecule has 0 amide bonds. The van der Waals surface area contributed by atoms with E-state index in [9.17, 15) is 13.6 Å². The summed E-state index contributed by atoms with van der Waals surface area (Å²) in [5, 5.41) is 0.218. The molecule has 0 spiro atoms. The Labute approximate surface area is 107 Å². The molecule has 0 aliphatic heterocycles. The van der Waals surface area contributed by atoms with Gasteiger partial charge in [0.2, 0.25) is 0 Å². The predicted molar refractivity (Wildman–Crippen MR) is 65.1 cm³/mol. The predicted octanol–water partition coefficient (Wildman–Crippen LogP) is 3.53. The van der Waals surface area contributed by atoms with E-state index in [2.05, 4.69) is 15.9 Å². The first-order chi connectivity index (χ1) is 8.06. The standard InChI is InChI=1S/C12H13BrF2O2/c1-2-17-11-5-8(4-10(16)7-13)3-9(6-11)12(14)15/h3,5-6,12H,2,4,7H2,1H3. The second kappa shape index (κ2) is 6.69. The van der Waals surface area contributed by atoms with E-state index in [1.807, 2.05) is 0 Å². The second-order valence-corrected chi connectivity index (χ2v) is 4.05. The summed E-state index contributed by atoms with van der Waals surface area (Å²) >= 11 is 3.04. The Bertz CT molecular complexity index is 394. The van der Waals surface area contributed by atoms with E-state index in [1.165, 1.54) is 12.1 Å². The third kappa shape index (κ3) is 4.42. The van der Waals surface area contributed by atoms with Gasteiger partial charge in [-0.25, -0.2) is 8.78 Å². The van der Waals surface area contributed by atoms with Crippen molar-refractivity contribution in [3.63, 3.8) is 0 Å². The number of carbonyl (C=O) groups is 1. The lowest BCUT2D eigenvalue weighted by atomic mass is 10.1. The number of benzene rings is 1. The van der Waals surface area contributed by atoms with E-state index in [0.29, 0.717) is 17.9 Å². The fourth-order valence-electron chi connectivity index (χ4n) is 1.44. The van der Waals surface area contributed by atoms with Crippen LogP contribution in [-0.2, 0) is 11.2 Å². The molecule has 1 aromatic carbocycles. The first kappa shape index (κ1) is 14.1. The van der Waals surface area contributed by atoms with Crippen LogP contribution >= 0.6 is 15.9 Å². The number of hydrogen-bond acceptors (Lipinski definition) is 2. The molecular formula is C12H13BrF2O2. The van der Waals surface area contributed by atoms with Crippen LogP contribution in [0.15, 0.2) is 18.2 Å². The summed E-state index contributed by atoms with van der Waals surface area (Å²) in [6.45, 7) is 2.18. The molecule has 0 fully saturated rings. The average molecular weight is 307 g/mol. The van der Waals surface area contributed by atoms with Crippen LogP contribution in [0.1, 0.15) is 24.5 Å². The third-order valence-corrected chi connectivity index (χ3v) is 2.73. The molecule has 0 saturated carbocycles. The molecule has 0 saturated heterocycles. The lowest BCUT2D eigenvalue weighted by Crippen LogP contribution is -2.05. The third-order valence-electron chi connectivity index (χ3n) is 2.10. The smallest absolute Gasteiger partial charge is 0.263 e. The van der Waals surface area contributed by atoms with Crippen molar-refractivity contribution in [3.8, 4) is 5.75 Å². The lowest BCUT2D eigenvalue weighted by Gasteiger charge is -2.09. The van der Waals surface area contributed by atoms with Crippen molar-refractivity contribution in [2.24, 2.45) is 0 Å². The zero-order chi connectivity index (χ0) is 12.8. The Kier molecular flexibility index (Phi) is 5.55. The molecule has 0 aromatic heterocycles. The molecule has 0 bridgehead atoms. The first-order valence-corrected chi connectivity index (χ1v) is 6.31. The monoisotopic (exact) mass is 306 g/mol. The number of halogens is 3. The maximum Gasteiger partial charge on any atom is 0.263 e. The van der Waals surface area contributed by atoms with Gasteiger partial charge < -0.3 is 4.74 Å². The first-order valence-electron chi connectivity index (χ1n) is 5.19. The fourth-order valence-corrected chi connectivity index (χ4v) is 1.64. The van der Waals surface area contributed by atoms with Gasteiger partial charge in [-0.15, -0.1) is 0 Å². The van der Waals surface area contributed by atoms with E-state index < -0.39 is 6.43 Å². The molecule has 0 atom stereocenters. The molecule has 5 heteroatoms. The van der Waals surface area contributed by atoms with Crippen molar-refractivity contribution in [2.75, 3.05) is 11.9 Å². The molecule has 0 aliphatic rings. The summed E-state index contributed by atoms with van der Waals surface area (Å²) in [5.74, 6) is 0.321. The van der Waals surface area contributed by atoms with Gasteiger partial charge in [-0.2, -0.15) is 0 Å². The van der Waals surface area contributed by atoms with Gasteiger partial charge in [0.15, 0.2) is 0 Å². The minimum absolute atomic E-state index is 0.0566. The maximum atomic E-state index is 12.6. The van der Waals surface area contributed by atoms with Crippen LogP contribution in [-0.4, -0.2) is 17.7 Å². The Balaban J connectivity index is 2.98. The van der Waals surface area contributed by atoms with Crippen LogP contribution in [0, 0.1) is 0 Å². The normalized spacial score (nSPS) is 10.6. The number of carbonyl (C=O) groups excluding carboxylic acids is 1. The van der Waals surface area contributed by atoms with Crippen molar-refractivity contribution in [2.45, 2.75) is 19.8 Å². The summed E-state index contributed by atoms with van der Waals surface area (Å²) < 4.78 is 30.5. The number of ketones is 1. The minimum atomic E-state index is -2.56. The topological polar surface area (TPSA) is 26.3 Å². The Morgan fingerprint density at radius 1 is 1.41 bits per heavy atom. The van der Waals surface area contributed by atoms with Crippen LogP contribution < -0.4 is 4.74 Å². The van der Waals surface area contributed by atoms with Gasteiger partial charge in [-0.1, -0.05) is 15.9 Å². The van der Waals surface area contributed by atoms with E-state index in [4.69, 9.17) is 4.74 Å². The number of hydrogen-bond donors (Lipinski definition) is 0. The quantitative estimate of drug-likeness (QED) is 0.752. The number of Topliss-reactive ketones (excluding diaryl/α,β-unsaturated/α-hetero) is 1. The maximum absolute atomic E-state index is 12.6. The highest BCUT2D eigenvalue weighted by molar-refractivity contribution is 9.09. The van der Waals surface area contributed by atoms with Crippen molar-refractivity contribution >= 4 is 21.7 Å². The molecule has 0 N–H and O–H groups in total.